The van der Waals surface area contributed by atoms with Crippen molar-refractivity contribution in [1.82, 2.24) is 4.98 Å². The quantitative estimate of drug-likeness (QED) is 0.730. The van der Waals surface area contributed by atoms with E-state index in [4.69, 9.17) is 0 Å². The number of nitrogens with one attached hydrogen (secondary N) is 1. The summed E-state index contributed by atoms with van der Waals surface area (Å²) < 4.78 is 0. The minimum absolute atomic E-state index is 0.746. The molecule has 1 N–H and O–H groups in total. The van der Waals surface area contributed by atoms with Gasteiger partial charge in [-0.2, -0.15) is 0 Å². The van der Waals surface area contributed by atoms with Crippen molar-refractivity contribution in [2.24, 2.45) is 0 Å². The SMILES string of the molecule is CN1CCNc2cnc(C3CC3)cc21. The number of hydrogen-bond donors (Lipinski definition) is 1. The first-order chi connectivity index (χ1) is 6.84. The van der Waals surface area contributed by atoms with Gasteiger partial charge in [0, 0.05) is 31.7 Å². The zero-order chi connectivity index (χ0) is 9.54. The highest BCUT2D eigenvalue weighted by molar-refractivity contribution is 5.71. The van der Waals surface area contributed by atoms with Crippen LogP contribution in [0.3, 0.4) is 0 Å². The van der Waals surface area contributed by atoms with E-state index in [9.17, 15) is 0 Å². The highest BCUT2D eigenvalue weighted by Gasteiger charge is 2.26. The molecule has 0 unspecified atom stereocenters. The standard InChI is InChI=1S/C11H15N3/c1-14-5-4-12-10-7-13-9(6-11(10)14)8-2-3-8/h6-8,12H,2-5H2,1H3. The van der Waals surface area contributed by atoms with Crippen molar-refractivity contribution in [3.63, 3.8) is 0 Å². The fraction of sp³-hybridized carbons (Fsp3) is 0.545. The Bertz CT molecular complexity index is 358. The Hall–Kier alpha value is -1.25. The zero-order valence-electron chi connectivity index (χ0n) is 8.45. The lowest BCUT2D eigenvalue weighted by Crippen LogP contribution is -2.30. The van der Waals surface area contributed by atoms with Crippen LogP contribution < -0.4 is 10.2 Å². The summed E-state index contributed by atoms with van der Waals surface area (Å²) in [5.74, 6) is 0.746. The number of likely N-dealkylation sites (N-methyl/N-ethyl adjacent to an activating group) is 1. The van der Waals surface area contributed by atoms with Gasteiger partial charge >= 0.3 is 0 Å². The third kappa shape index (κ3) is 1.24. The molecule has 2 aliphatic rings. The smallest absolute Gasteiger partial charge is 0.0765 e. The first-order valence-electron chi connectivity index (χ1n) is 5.29. The van der Waals surface area contributed by atoms with Crippen LogP contribution in [0.25, 0.3) is 0 Å². The lowest BCUT2D eigenvalue weighted by molar-refractivity contribution is 0.874. The largest absolute Gasteiger partial charge is 0.380 e. The van der Waals surface area contributed by atoms with Crippen LogP contribution >= 0.6 is 0 Å². The predicted octanol–water partition coefficient (Wildman–Crippen LogP) is 1.82. The molecule has 1 saturated carbocycles. The molecule has 1 aromatic rings. The molecule has 14 heavy (non-hydrogen) atoms. The number of anilines is 2. The van der Waals surface area contributed by atoms with Crippen LogP contribution in [-0.4, -0.2) is 25.1 Å². The highest BCUT2D eigenvalue weighted by Crippen LogP contribution is 2.41. The van der Waals surface area contributed by atoms with Crippen LogP contribution in [0.5, 0.6) is 0 Å². The minimum Gasteiger partial charge on any atom is -0.380 e. The number of hydrogen-bond acceptors (Lipinski definition) is 3. The average Bonchev–Trinajstić information content (AvgIpc) is 3.01. The summed E-state index contributed by atoms with van der Waals surface area (Å²) in [5.41, 5.74) is 3.77. The van der Waals surface area contributed by atoms with E-state index in [1.165, 1.54) is 29.9 Å². The molecule has 0 bridgehead atoms. The van der Waals surface area contributed by atoms with Crippen LogP contribution in [0.2, 0.25) is 0 Å². The van der Waals surface area contributed by atoms with Gasteiger partial charge in [-0.1, -0.05) is 0 Å². The van der Waals surface area contributed by atoms with E-state index in [1.54, 1.807) is 0 Å². The van der Waals surface area contributed by atoms with Crippen molar-refractivity contribution in [2.75, 3.05) is 30.4 Å². The van der Waals surface area contributed by atoms with E-state index in [0.29, 0.717) is 0 Å². The third-order valence-electron chi connectivity index (χ3n) is 3.07. The van der Waals surface area contributed by atoms with Crippen molar-refractivity contribution < 1.29 is 0 Å². The molecular weight excluding hydrogens is 174 g/mol. The van der Waals surface area contributed by atoms with E-state index >= 15 is 0 Å². The maximum absolute atomic E-state index is 4.50. The predicted molar refractivity (Wildman–Crippen MR) is 58.0 cm³/mol. The Morgan fingerprint density at radius 1 is 1.50 bits per heavy atom. The van der Waals surface area contributed by atoms with Gasteiger partial charge in [-0.15, -0.1) is 0 Å². The average molecular weight is 189 g/mol. The van der Waals surface area contributed by atoms with Gasteiger partial charge in [0.1, 0.15) is 0 Å². The number of rotatable bonds is 1. The number of nitrogens with zero attached hydrogens (tertiary/aromatic N) is 2. The summed E-state index contributed by atoms with van der Waals surface area (Å²) in [4.78, 5) is 6.80. The van der Waals surface area contributed by atoms with Gasteiger partial charge in [0.05, 0.1) is 17.6 Å². The molecular formula is C11H15N3. The molecule has 0 amide bonds. The fourth-order valence-corrected chi connectivity index (χ4v) is 1.99. The lowest BCUT2D eigenvalue weighted by atomic mass is 10.2. The second kappa shape index (κ2) is 2.87. The van der Waals surface area contributed by atoms with Crippen LogP contribution in [0.15, 0.2) is 12.3 Å². The highest BCUT2D eigenvalue weighted by atomic mass is 15.2. The van der Waals surface area contributed by atoms with Crippen molar-refractivity contribution in [1.29, 1.82) is 0 Å². The van der Waals surface area contributed by atoms with Crippen molar-refractivity contribution in [3.8, 4) is 0 Å². The molecule has 1 aromatic heterocycles. The molecule has 0 aromatic carbocycles. The van der Waals surface area contributed by atoms with Gasteiger partial charge in [-0.05, 0) is 18.9 Å². The molecule has 3 rings (SSSR count). The Morgan fingerprint density at radius 2 is 2.36 bits per heavy atom. The summed E-state index contributed by atoms with van der Waals surface area (Å²) in [5, 5.41) is 3.38. The van der Waals surface area contributed by atoms with Crippen LogP contribution in [-0.2, 0) is 0 Å². The molecule has 1 aliphatic heterocycles. The van der Waals surface area contributed by atoms with Gasteiger partial charge in [0.2, 0.25) is 0 Å². The summed E-state index contributed by atoms with van der Waals surface area (Å²) >= 11 is 0. The summed E-state index contributed by atoms with van der Waals surface area (Å²) in [7, 11) is 2.15. The molecule has 0 spiro atoms. The number of fused-ring (bicyclic) bond motifs is 1. The molecule has 2 heterocycles. The Morgan fingerprint density at radius 3 is 3.14 bits per heavy atom. The van der Waals surface area contributed by atoms with Gasteiger partial charge < -0.3 is 10.2 Å². The summed E-state index contributed by atoms with van der Waals surface area (Å²) in [6.45, 7) is 2.11. The van der Waals surface area contributed by atoms with Crippen molar-refractivity contribution in [3.05, 3.63) is 18.0 Å². The molecule has 0 atom stereocenters. The molecule has 3 heteroatoms. The molecule has 1 fully saturated rings. The van der Waals surface area contributed by atoms with Gasteiger partial charge in [0.15, 0.2) is 0 Å². The lowest BCUT2D eigenvalue weighted by Gasteiger charge is -2.28. The number of pyridine rings is 1. The first kappa shape index (κ1) is 8.09. The van der Waals surface area contributed by atoms with Gasteiger partial charge in [0.25, 0.3) is 0 Å². The Labute approximate surface area is 84.1 Å². The molecule has 0 radical (unpaired) electrons. The topological polar surface area (TPSA) is 28.2 Å². The van der Waals surface area contributed by atoms with Crippen LogP contribution in [0.1, 0.15) is 24.5 Å². The second-order valence-electron chi connectivity index (χ2n) is 4.25. The van der Waals surface area contributed by atoms with Gasteiger partial charge in [-0.25, -0.2) is 0 Å². The minimum atomic E-state index is 0.746. The third-order valence-corrected chi connectivity index (χ3v) is 3.07. The van der Waals surface area contributed by atoms with Crippen molar-refractivity contribution >= 4 is 11.4 Å². The molecule has 3 nitrogen and oxygen atoms in total. The monoisotopic (exact) mass is 189 g/mol. The van der Waals surface area contributed by atoms with E-state index in [1.807, 2.05) is 6.20 Å². The second-order valence-corrected chi connectivity index (χ2v) is 4.25. The Kier molecular flexibility index (Phi) is 1.66. The Balaban J connectivity index is 2.01. The van der Waals surface area contributed by atoms with Crippen molar-refractivity contribution in [2.45, 2.75) is 18.8 Å². The molecule has 1 aliphatic carbocycles. The van der Waals surface area contributed by atoms with Crippen LogP contribution in [0.4, 0.5) is 11.4 Å². The van der Waals surface area contributed by atoms with E-state index < -0.39 is 0 Å². The van der Waals surface area contributed by atoms with Crippen LogP contribution in [0, 0.1) is 0 Å². The van der Waals surface area contributed by atoms with Gasteiger partial charge in [-0.3, -0.25) is 4.98 Å². The maximum atomic E-state index is 4.50. The zero-order valence-corrected chi connectivity index (χ0v) is 8.45. The number of aromatic nitrogens is 1. The van der Waals surface area contributed by atoms with E-state index in [2.05, 4.69) is 28.3 Å². The fourth-order valence-electron chi connectivity index (χ4n) is 1.99. The van der Waals surface area contributed by atoms with E-state index in [-0.39, 0.29) is 0 Å². The first-order valence-corrected chi connectivity index (χ1v) is 5.29. The molecule has 0 saturated heterocycles. The maximum Gasteiger partial charge on any atom is 0.0765 e. The normalized spacial score (nSPS) is 20.2. The van der Waals surface area contributed by atoms with E-state index in [0.717, 1.165) is 19.0 Å². The summed E-state index contributed by atoms with van der Waals surface area (Å²) in [6.07, 6.45) is 4.63. The molecule has 74 valence electrons. The summed E-state index contributed by atoms with van der Waals surface area (Å²) in [6, 6.07) is 2.25.